The van der Waals surface area contributed by atoms with E-state index in [2.05, 4.69) is 5.32 Å². The van der Waals surface area contributed by atoms with Crippen molar-refractivity contribution in [1.29, 1.82) is 0 Å². The van der Waals surface area contributed by atoms with Crippen molar-refractivity contribution in [1.82, 2.24) is 15.1 Å². The van der Waals surface area contributed by atoms with Crippen molar-refractivity contribution in [3.8, 4) is 0 Å². The molecular weight excluding hydrogens is 406 g/mol. The number of aryl methyl sites for hydroxylation is 1. The van der Waals surface area contributed by atoms with Crippen LogP contribution in [0, 0.1) is 12.8 Å². The van der Waals surface area contributed by atoms with Gasteiger partial charge in [-0.3, -0.25) is 14.4 Å². The maximum atomic E-state index is 13.5. The molecule has 32 heavy (non-hydrogen) atoms. The van der Waals surface area contributed by atoms with Crippen molar-refractivity contribution in [3.63, 3.8) is 0 Å². The van der Waals surface area contributed by atoms with Gasteiger partial charge in [-0.05, 0) is 68.7 Å². The van der Waals surface area contributed by atoms with Crippen LogP contribution in [0.1, 0.15) is 58.6 Å². The second-order valence-electron chi connectivity index (χ2n) is 8.76. The molecule has 1 aromatic heterocycles. The SMILES string of the molecule is Cc1ccccc1C(=O)N[C@@H](C(=O)N1CCCCC1)C1CCN(C(=O)c2ccco2)CC1. The van der Waals surface area contributed by atoms with Gasteiger partial charge in [-0.25, -0.2) is 0 Å². The molecule has 1 aromatic carbocycles. The summed E-state index contributed by atoms with van der Waals surface area (Å²) in [5.74, 6) is -0.0263. The third kappa shape index (κ3) is 4.87. The second-order valence-corrected chi connectivity index (χ2v) is 8.76. The first-order valence-electron chi connectivity index (χ1n) is 11.5. The van der Waals surface area contributed by atoms with Gasteiger partial charge < -0.3 is 19.5 Å². The predicted molar refractivity (Wildman–Crippen MR) is 120 cm³/mol. The van der Waals surface area contributed by atoms with E-state index in [0.29, 0.717) is 37.3 Å². The molecule has 7 nitrogen and oxygen atoms in total. The highest BCUT2D eigenvalue weighted by atomic mass is 16.3. The Kier molecular flexibility index (Phi) is 6.93. The summed E-state index contributed by atoms with van der Waals surface area (Å²) in [7, 11) is 0. The van der Waals surface area contributed by atoms with Crippen molar-refractivity contribution >= 4 is 17.7 Å². The maximum absolute atomic E-state index is 13.5. The zero-order valence-electron chi connectivity index (χ0n) is 18.6. The minimum absolute atomic E-state index is 0.00226. The molecule has 2 fully saturated rings. The number of benzene rings is 1. The number of hydrogen-bond acceptors (Lipinski definition) is 4. The van der Waals surface area contributed by atoms with Crippen LogP contribution in [0.5, 0.6) is 0 Å². The van der Waals surface area contributed by atoms with E-state index in [1.54, 1.807) is 23.1 Å². The molecule has 4 rings (SSSR count). The third-order valence-corrected chi connectivity index (χ3v) is 6.64. The van der Waals surface area contributed by atoms with E-state index in [1.165, 1.54) is 6.26 Å². The number of piperidine rings is 2. The van der Waals surface area contributed by atoms with Gasteiger partial charge in [-0.1, -0.05) is 18.2 Å². The Balaban J connectivity index is 1.47. The number of rotatable bonds is 5. The van der Waals surface area contributed by atoms with Crippen molar-refractivity contribution in [2.24, 2.45) is 5.92 Å². The maximum Gasteiger partial charge on any atom is 0.289 e. The van der Waals surface area contributed by atoms with Crippen LogP contribution in [0.15, 0.2) is 47.1 Å². The van der Waals surface area contributed by atoms with Gasteiger partial charge in [-0.15, -0.1) is 0 Å². The summed E-state index contributed by atoms with van der Waals surface area (Å²) in [5, 5.41) is 3.06. The van der Waals surface area contributed by atoms with E-state index >= 15 is 0 Å². The molecule has 1 atom stereocenters. The Morgan fingerprint density at radius 2 is 1.66 bits per heavy atom. The molecule has 3 heterocycles. The van der Waals surface area contributed by atoms with Gasteiger partial charge in [0.2, 0.25) is 5.91 Å². The summed E-state index contributed by atoms with van der Waals surface area (Å²) in [4.78, 5) is 42.8. The van der Waals surface area contributed by atoms with Crippen LogP contribution in [-0.2, 0) is 4.79 Å². The van der Waals surface area contributed by atoms with Crippen molar-refractivity contribution in [2.45, 2.75) is 45.1 Å². The Labute approximate surface area is 188 Å². The topological polar surface area (TPSA) is 82.9 Å². The molecule has 2 aliphatic rings. The molecule has 2 aromatic rings. The molecule has 170 valence electrons. The lowest BCUT2D eigenvalue weighted by Gasteiger charge is -2.38. The number of hydrogen-bond donors (Lipinski definition) is 1. The molecule has 2 aliphatic heterocycles. The largest absolute Gasteiger partial charge is 0.459 e. The first-order chi connectivity index (χ1) is 15.5. The minimum atomic E-state index is -0.582. The molecule has 0 spiro atoms. The fraction of sp³-hybridized carbons (Fsp3) is 0.480. The number of nitrogens with zero attached hydrogens (tertiary/aromatic N) is 2. The average molecular weight is 438 g/mol. The van der Waals surface area contributed by atoms with Gasteiger partial charge in [0, 0.05) is 31.7 Å². The van der Waals surface area contributed by atoms with Crippen LogP contribution in [0.3, 0.4) is 0 Å². The van der Waals surface area contributed by atoms with Crippen LogP contribution >= 0.6 is 0 Å². The van der Waals surface area contributed by atoms with Gasteiger partial charge in [0.25, 0.3) is 11.8 Å². The summed E-state index contributed by atoms with van der Waals surface area (Å²) in [6, 6.07) is 10.2. The van der Waals surface area contributed by atoms with Gasteiger partial charge in [0.05, 0.1) is 6.26 Å². The van der Waals surface area contributed by atoms with Gasteiger partial charge >= 0.3 is 0 Å². The van der Waals surface area contributed by atoms with Crippen molar-refractivity contribution in [3.05, 3.63) is 59.5 Å². The molecule has 0 radical (unpaired) electrons. The monoisotopic (exact) mass is 437 g/mol. The fourth-order valence-corrected chi connectivity index (χ4v) is 4.73. The van der Waals surface area contributed by atoms with E-state index in [1.807, 2.05) is 30.0 Å². The number of likely N-dealkylation sites (tertiary alicyclic amines) is 2. The first kappa shape index (κ1) is 22.1. The molecule has 3 amide bonds. The molecule has 2 saturated heterocycles. The fourth-order valence-electron chi connectivity index (χ4n) is 4.73. The molecule has 7 heteroatoms. The van der Waals surface area contributed by atoms with Crippen LogP contribution in [0.25, 0.3) is 0 Å². The van der Waals surface area contributed by atoms with Crippen LogP contribution in [-0.4, -0.2) is 59.7 Å². The summed E-state index contributed by atoms with van der Waals surface area (Å²) < 4.78 is 5.24. The second kappa shape index (κ2) is 10.0. The average Bonchev–Trinajstić information content (AvgIpc) is 3.37. The Morgan fingerprint density at radius 1 is 0.938 bits per heavy atom. The van der Waals surface area contributed by atoms with Crippen LogP contribution < -0.4 is 5.32 Å². The standard InChI is InChI=1S/C25H31N3O4/c1-18-8-3-4-9-20(18)23(29)26-22(25(31)27-13-5-2-6-14-27)19-11-15-28(16-12-19)24(30)21-10-7-17-32-21/h3-4,7-10,17,19,22H,2,5-6,11-16H2,1H3,(H,26,29)/t22-/m1/s1. The molecule has 0 saturated carbocycles. The van der Waals surface area contributed by atoms with Crippen LogP contribution in [0.4, 0.5) is 0 Å². The van der Waals surface area contributed by atoms with E-state index in [-0.39, 0.29) is 23.6 Å². The lowest BCUT2D eigenvalue weighted by atomic mass is 9.87. The first-order valence-corrected chi connectivity index (χ1v) is 11.5. The molecule has 1 N–H and O–H groups in total. The highest BCUT2D eigenvalue weighted by Gasteiger charge is 2.37. The lowest BCUT2D eigenvalue weighted by Crippen LogP contribution is -2.55. The van der Waals surface area contributed by atoms with Gasteiger partial charge in [-0.2, -0.15) is 0 Å². The zero-order chi connectivity index (χ0) is 22.5. The quantitative estimate of drug-likeness (QED) is 0.778. The molecular formula is C25H31N3O4. The minimum Gasteiger partial charge on any atom is -0.459 e. The number of amides is 3. The van der Waals surface area contributed by atoms with E-state index in [0.717, 1.165) is 37.9 Å². The normalized spacial score (nSPS) is 18.3. The van der Waals surface area contributed by atoms with Crippen molar-refractivity contribution < 1.29 is 18.8 Å². The number of nitrogens with one attached hydrogen (secondary N) is 1. The highest BCUT2D eigenvalue weighted by Crippen LogP contribution is 2.25. The van der Waals surface area contributed by atoms with E-state index in [9.17, 15) is 14.4 Å². The smallest absolute Gasteiger partial charge is 0.289 e. The van der Waals surface area contributed by atoms with Gasteiger partial charge in [0.15, 0.2) is 5.76 Å². The van der Waals surface area contributed by atoms with E-state index in [4.69, 9.17) is 4.42 Å². The summed E-state index contributed by atoms with van der Waals surface area (Å²) in [5.41, 5.74) is 1.47. The summed E-state index contributed by atoms with van der Waals surface area (Å²) >= 11 is 0. The Morgan fingerprint density at radius 3 is 2.31 bits per heavy atom. The van der Waals surface area contributed by atoms with E-state index < -0.39 is 6.04 Å². The summed E-state index contributed by atoms with van der Waals surface area (Å²) in [6.45, 7) is 4.45. The number of carbonyl (C=O) groups is 3. The third-order valence-electron chi connectivity index (χ3n) is 6.64. The number of carbonyl (C=O) groups excluding carboxylic acids is 3. The number of furan rings is 1. The molecule has 0 aliphatic carbocycles. The van der Waals surface area contributed by atoms with Crippen molar-refractivity contribution in [2.75, 3.05) is 26.2 Å². The predicted octanol–water partition coefficient (Wildman–Crippen LogP) is 3.25. The molecule has 0 bridgehead atoms. The highest BCUT2D eigenvalue weighted by molar-refractivity contribution is 5.98. The van der Waals surface area contributed by atoms with Gasteiger partial charge in [0.1, 0.15) is 6.04 Å². The Hall–Kier alpha value is -3.09. The Bertz CT molecular complexity index is 942. The zero-order valence-corrected chi connectivity index (χ0v) is 18.6. The molecule has 0 unspecified atom stereocenters. The summed E-state index contributed by atoms with van der Waals surface area (Å²) in [6.07, 6.45) is 5.95. The lowest BCUT2D eigenvalue weighted by molar-refractivity contribution is -0.136. The van der Waals surface area contributed by atoms with Crippen LogP contribution in [0.2, 0.25) is 0 Å².